The van der Waals surface area contributed by atoms with Crippen molar-refractivity contribution in [3.63, 3.8) is 0 Å². The molecule has 2 heteroatoms. The SMILES string of the molecule is CC1=P[C](C)([Zr][C]2=CC=CC2)C(C)=C1C. The second-order valence-electron chi connectivity index (χ2n) is 4.47. The third-order valence-corrected chi connectivity index (χ3v) is 10.2. The Kier molecular flexibility index (Phi) is 3.34. The van der Waals surface area contributed by atoms with Gasteiger partial charge in [-0.1, -0.05) is 0 Å². The first-order valence-corrected chi connectivity index (χ1v) is 8.77. The van der Waals surface area contributed by atoms with E-state index in [0.717, 1.165) is 0 Å². The predicted molar refractivity (Wildman–Crippen MR) is 66.2 cm³/mol. The van der Waals surface area contributed by atoms with Gasteiger partial charge in [0.25, 0.3) is 0 Å². The molecule has 1 heterocycles. The van der Waals surface area contributed by atoms with Gasteiger partial charge in [-0.15, -0.1) is 0 Å². The molecule has 15 heavy (non-hydrogen) atoms. The zero-order valence-corrected chi connectivity index (χ0v) is 13.2. The van der Waals surface area contributed by atoms with Crippen molar-refractivity contribution in [3.05, 3.63) is 32.7 Å². The molecule has 2 aliphatic rings. The van der Waals surface area contributed by atoms with Crippen LogP contribution in [-0.2, 0) is 23.2 Å². The van der Waals surface area contributed by atoms with Crippen LogP contribution in [0, 0.1) is 0 Å². The van der Waals surface area contributed by atoms with Gasteiger partial charge >= 0.3 is 106 Å². The van der Waals surface area contributed by atoms with Gasteiger partial charge in [0, 0.05) is 0 Å². The van der Waals surface area contributed by atoms with Crippen LogP contribution < -0.4 is 0 Å². The van der Waals surface area contributed by atoms with Crippen LogP contribution in [0.2, 0.25) is 0 Å². The molecule has 0 nitrogen and oxygen atoms in total. The molecule has 0 saturated heterocycles. The van der Waals surface area contributed by atoms with Crippen LogP contribution in [0.4, 0.5) is 0 Å². The van der Waals surface area contributed by atoms with Crippen LogP contribution in [0.1, 0.15) is 34.1 Å². The molecule has 0 aromatic carbocycles. The average Bonchev–Trinajstić information content (AvgIpc) is 2.72. The van der Waals surface area contributed by atoms with E-state index >= 15 is 0 Å². The molecular weight excluding hydrogens is 278 g/mol. The van der Waals surface area contributed by atoms with Gasteiger partial charge in [0.2, 0.25) is 0 Å². The molecule has 0 bridgehead atoms. The van der Waals surface area contributed by atoms with E-state index in [1.54, 1.807) is 27.9 Å². The Morgan fingerprint density at radius 1 is 1.33 bits per heavy atom. The first kappa shape index (κ1) is 11.7. The minimum atomic E-state index is -0.440. The topological polar surface area (TPSA) is 0 Å². The van der Waals surface area contributed by atoms with Crippen molar-refractivity contribution >= 4 is 13.5 Å². The Morgan fingerprint density at radius 3 is 2.53 bits per heavy atom. The molecule has 1 aliphatic heterocycles. The fraction of sp³-hybridized carbons (Fsp3) is 0.462. The van der Waals surface area contributed by atoms with E-state index in [1.165, 1.54) is 6.42 Å². The standard InChI is InChI=1S/C8H12P.C5H5.Zr/c1-5-6(2)8(4)9-7(5)3;1-2-4-5-3-1;/h1-4H3;1-3H,4H2;. The van der Waals surface area contributed by atoms with Crippen LogP contribution in [0.15, 0.2) is 32.7 Å². The third kappa shape index (κ3) is 2.20. The second kappa shape index (κ2) is 4.27. The summed E-state index contributed by atoms with van der Waals surface area (Å²) in [5.74, 6) is 0. The van der Waals surface area contributed by atoms with Crippen molar-refractivity contribution in [2.24, 2.45) is 0 Å². The molecule has 0 aromatic rings. The van der Waals surface area contributed by atoms with Crippen LogP contribution >= 0.6 is 8.20 Å². The van der Waals surface area contributed by atoms with Gasteiger partial charge in [-0.05, 0) is 0 Å². The summed E-state index contributed by atoms with van der Waals surface area (Å²) in [6.45, 7) is 9.42. The minimum absolute atomic E-state index is 0.440. The summed E-state index contributed by atoms with van der Waals surface area (Å²) in [5, 5.41) is 1.60. The molecule has 0 amide bonds. The normalized spacial score (nSPS) is 30.7. The Bertz CT molecular complexity index is 412. The number of rotatable bonds is 2. The quantitative estimate of drug-likeness (QED) is 0.672. The molecule has 0 fully saturated rings. The third-order valence-electron chi connectivity index (χ3n) is 3.40. The van der Waals surface area contributed by atoms with Crippen LogP contribution in [0.25, 0.3) is 0 Å². The predicted octanol–water partition coefficient (Wildman–Crippen LogP) is 4.12. The fourth-order valence-electron chi connectivity index (χ4n) is 2.11. The van der Waals surface area contributed by atoms with Crippen LogP contribution in [0.5, 0.6) is 0 Å². The van der Waals surface area contributed by atoms with Crippen molar-refractivity contribution in [3.8, 4) is 0 Å². The van der Waals surface area contributed by atoms with Crippen molar-refractivity contribution in [1.82, 2.24) is 0 Å². The number of allylic oxidation sites excluding steroid dienone is 6. The van der Waals surface area contributed by atoms with Gasteiger partial charge in [-0.3, -0.25) is 0 Å². The maximum absolute atomic E-state index is 2.48. The Balaban J connectivity index is 2.22. The van der Waals surface area contributed by atoms with E-state index in [2.05, 4.69) is 45.9 Å². The maximum atomic E-state index is 2.48. The van der Waals surface area contributed by atoms with E-state index in [9.17, 15) is 0 Å². The van der Waals surface area contributed by atoms with Crippen molar-refractivity contribution in [1.29, 1.82) is 0 Å². The second-order valence-corrected chi connectivity index (χ2v) is 11.9. The molecule has 0 spiro atoms. The summed E-state index contributed by atoms with van der Waals surface area (Å²) >= 11 is -0.440. The Labute approximate surface area is 106 Å². The van der Waals surface area contributed by atoms with Gasteiger partial charge in [0.15, 0.2) is 0 Å². The van der Waals surface area contributed by atoms with Gasteiger partial charge < -0.3 is 0 Å². The first-order valence-electron chi connectivity index (χ1n) is 5.41. The molecule has 78 valence electrons. The molecule has 2 rings (SSSR count). The summed E-state index contributed by atoms with van der Waals surface area (Å²) in [6.07, 6.45) is 8.13. The molecule has 0 aromatic heterocycles. The van der Waals surface area contributed by atoms with E-state index in [0.29, 0.717) is 2.86 Å². The molecule has 1 atom stereocenters. The van der Waals surface area contributed by atoms with Crippen LogP contribution in [0.3, 0.4) is 0 Å². The van der Waals surface area contributed by atoms with E-state index in [-0.39, 0.29) is 0 Å². The van der Waals surface area contributed by atoms with Gasteiger partial charge in [0.1, 0.15) is 0 Å². The van der Waals surface area contributed by atoms with Crippen molar-refractivity contribution in [2.45, 2.75) is 37.0 Å². The summed E-state index contributed by atoms with van der Waals surface area (Å²) in [4.78, 5) is 0. The van der Waals surface area contributed by atoms with Gasteiger partial charge in [0.05, 0.1) is 0 Å². The summed E-state index contributed by atoms with van der Waals surface area (Å²) < 4.78 is 2.30. The fourth-order valence-corrected chi connectivity index (χ4v) is 9.45. The molecule has 0 N–H and O–H groups in total. The van der Waals surface area contributed by atoms with Crippen molar-refractivity contribution in [2.75, 3.05) is 0 Å². The molecule has 1 unspecified atom stereocenters. The van der Waals surface area contributed by atoms with Crippen molar-refractivity contribution < 1.29 is 23.2 Å². The van der Waals surface area contributed by atoms with E-state index in [4.69, 9.17) is 0 Å². The molecular formula is C13H17PZr. The van der Waals surface area contributed by atoms with Gasteiger partial charge in [-0.2, -0.15) is 0 Å². The number of hydrogen-bond donors (Lipinski definition) is 0. The van der Waals surface area contributed by atoms with E-state index < -0.39 is 23.2 Å². The van der Waals surface area contributed by atoms with Gasteiger partial charge in [-0.25, -0.2) is 0 Å². The summed E-state index contributed by atoms with van der Waals surface area (Å²) in [5.41, 5.74) is 3.24. The monoisotopic (exact) mass is 294 g/mol. The number of hydrogen-bond acceptors (Lipinski definition) is 0. The van der Waals surface area contributed by atoms with Crippen LogP contribution in [-0.4, -0.2) is 8.16 Å². The van der Waals surface area contributed by atoms with E-state index in [1.807, 2.05) is 0 Å². The molecule has 0 saturated carbocycles. The first-order chi connectivity index (χ1) is 7.03. The summed E-state index contributed by atoms with van der Waals surface area (Å²) in [6, 6.07) is 0. The summed E-state index contributed by atoms with van der Waals surface area (Å²) in [7, 11) is 1.59. The Hall–Kier alpha value is 0.273. The Morgan fingerprint density at radius 2 is 2.07 bits per heavy atom. The zero-order chi connectivity index (χ0) is 11.1. The molecule has 1 aliphatic carbocycles. The average molecular weight is 295 g/mol. The molecule has 0 radical (unpaired) electrons. The zero-order valence-electron chi connectivity index (χ0n) is 9.89.